The molecule has 9 nitrogen and oxygen atoms in total. The molecule has 214 valence electrons. The fourth-order valence-corrected chi connectivity index (χ4v) is 5.81. The van der Waals surface area contributed by atoms with Crippen LogP contribution in [0.15, 0.2) is 34.7 Å². The number of ether oxygens (including phenoxy) is 2. The maximum atomic E-state index is 13.0. The third-order valence-electron chi connectivity index (χ3n) is 7.04. The molecule has 0 N–H and O–H groups in total. The average molecular weight is 577 g/mol. The van der Waals surface area contributed by atoms with Gasteiger partial charge in [0.05, 0.1) is 24.4 Å². The van der Waals surface area contributed by atoms with Crippen LogP contribution in [0.1, 0.15) is 63.8 Å². The summed E-state index contributed by atoms with van der Waals surface area (Å²) in [5.74, 6) is -0.0593. The lowest BCUT2D eigenvalue weighted by atomic mass is 9.97. The number of aromatic nitrogens is 3. The number of carbonyl (C=O) groups excluding carboxylic acids is 1. The number of nitrogens with zero attached hydrogens (tertiary/aromatic N) is 6. The van der Waals surface area contributed by atoms with Crippen molar-refractivity contribution < 1.29 is 27.4 Å². The van der Waals surface area contributed by atoms with Gasteiger partial charge in [0.15, 0.2) is 5.69 Å². The minimum absolute atomic E-state index is 0.183. The summed E-state index contributed by atoms with van der Waals surface area (Å²) in [6.45, 7) is 3.10. The first-order valence-electron chi connectivity index (χ1n) is 13.0. The summed E-state index contributed by atoms with van der Waals surface area (Å²) in [7, 11) is 3.74. The van der Waals surface area contributed by atoms with Crippen molar-refractivity contribution in [3.8, 4) is 0 Å². The SMILES string of the molecule is Cc1cc(C(F)(F)F)nn1CC(=O)N1CCC(c2nc(C3OCc4cccc(C=NN(C)C)c4CO3)cs2)CC1. The van der Waals surface area contributed by atoms with Crippen LogP contribution < -0.4 is 0 Å². The number of alkyl halides is 3. The Balaban J connectivity index is 1.17. The lowest BCUT2D eigenvalue weighted by Gasteiger charge is -2.31. The highest BCUT2D eigenvalue weighted by molar-refractivity contribution is 7.09. The molecule has 0 spiro atoms. The molecule has 2 aliphatic heterocycles. The first-order valence-corrected chi connectivity index (χ1v) is 13.9. The van der Waals surface area contributed by atoms with E-state index in [1.54, 1.807) is 21.2 Å². The number of hydrogen-bond donors (Lipinski definition) is 0. The molecule has 1 aromatic carbocycles. The van der Waals surface area contributed by atoms with Crippen molar-refractivity contribution in [2.45, 2.75) is 57.9 Å². The van der Waals surface area contributed by atoms with Crippen LogP contribution in [0.3, 0.4) is 0 Å². The van der Waals surface area contributed by atoms with Crippen LogP contribution in [0.4, 0.5) is 13.2 Å². The molecule has 1 fully saturated rings. The number of likely N-dealkylation sites (tertiary alicyclic amines) is 1. The van der Waals surface area contributed by atoms with Crippen LogP contribution in [0, 0.1) is 6.92 Å². The van der Waals surface area contributed by atoms with Crippen molar-refractivity contribution in [2.75, 3.05) is 27.2 Å². The molecule has 5 rings (SSSR count). The van der Waals surface area contributed by atoms with E-state index in [1.165, 1.54) is 6.92 Å². The van der Waals surface area contributed by atoms with Crippen LogP contribution in [-0.2, 0) is 40.2 Å². The summed E-state index contributed by atoms with van der Waals surface area (Å²) in [4.78, 5) is 19.3. The standard InChI is InChI=1S/C27H31F3N6O3S/c1-17-11-23(27(28,29)30)33-36(17)13-24(37)35-9-7-18(8-10-35)25-32-22(16-40-25)26-38-14-20-6-4-5-19(12-31-34(2)3)21(20)15-39-26/h4-6,11-12,16,18,26H,7-10,13-15H2,1-3H3. The van der Waals surface area contributed by atoms with Crippen molar-refractivity contribution in [1.29, 1.82) is 0 Å². The van der Waals surface area contributed by atoms with Gasteiger partial charge in [-0.3, -0.25) is 9.48 Å². The monoisotopic (exact) mass is 576 g/mol. The number of piperidine rings is 1. The predicted octanol–water partition coefficient (Wildman–Crippen LogP) is 4.71. The molecule has 3 aromatic rings. The zero-order valence-electron chi connectivity index (χ0n) is 22.5. The van der Waals surface area contributed by atoms with Gasteiger partial charge in [-0.25, -0.2) is 4.98 Å². The lowest BCUT2D eigenvalue weighted by Crippen LogP contribution is -2.40. The van der Waals surface area contributed by atoms with Gasteiger partial charge in [-0.1, -0.05) is 18.2 Å². The van der Waals surface area contributed by atoms with Crippen molar-refractivity contribution in [1.82, 2.24) is 24.7 Å². The molecule has 1 amide bonds. The minimum atomic E-state index is -4.54. The Morgan fingerprint density at radius 1 is 1.23 bits per heavy atom. The molecular weight excluding hydrogens is 545 g/mol. The second kappa shape index (κ2) is 11.7. The van der Waals surface area contributed by atoms with E-state index < -0.39 is 18.2 Å². The molecule has 13 heteroatoms. The molecule has 40 heavy (non-hydrogen) atoms. The minimum Gasteiger partial charge on any atom is -0.342 e. The van der Waals surface area contributed by atoms with E-state index in [2.05, 4.69) is 10.2 Å². The molecule has 0 saturated carbocycles. The zero-order valence-corrected chi connectivity index (χ0v) is 23.3. The highest BCUT2D eigenvalue weighted by Gasteiger charge is 2.35. The Labute approximate surface area is 234 Å². The molecule has 1 atom stereocenters. The molecule has 0 radical (unpaired) electrons. The van der Waals surface area contributed by atoms with E-state index >= 15 is 0 Å². The molecular formula is C27H31F3N6O3S. The van der Waals surface area contributed by atoms with E-state index in [-0.39, 0.29) is 18.4 Å². The lowest BCUT2D eigenvalue weighted by molar-refractivity contribution is -0.155. The van der Waals surface area contributed by atoms with Crippen LogP contribution >= 0.6 is 11.3 Å². The van der Waals surface area contributed by atoms with Gasteiger partial charge in [-0.05, 0) is 37.0 Å². The number of hydrazone groups is 1. The van der Waals surface area contributed by atoms with E-state index in [4.69, 9.17) is 14.5 Å². The van der Waals surface area contributed by atoms with Crippen molar-refractivity contribution in [3.63, 3.8) is 0 Å². The summed E-state index contributed by atoms with van der Waals surface area (Å²) in [5, 5.41) is 12.6. The number of rotatable bonds is 6. The molecule has 1 saturated heterocycles. The van der Waals surface area contributed by atoms with Gasteiger partial charge in [0.1, 0.15) is 12.2 Å². The Bertz CT molecular complexity index is 1380. The second-order valence-corrected chi connectivity index (χ2v) is 11.0. The van der Waals surface area contributed by atoms with E-state index in [1.807, 2.05) is 43.9 Å². The van der Waals surface area contributed by atoms with Crippen molar-refractivity contribution in [2.24, 2.45) is 5.10 Å². The van der Waals surface area contributed by atoms with Crippen LogP contribution in [0.25, 0.3) is 0 Å². The van der Waals surface area contributed by atoms with E-state index in [0.29, 0.717) is 32.0 Å². The highest BCUT2D eigenvalue weighted by atomic mass is 32.1. The summed E-state index contributed by atoms with van der Waals surface area (Å²) >= 11 is 1.55. The van der Waals surface area contributed by atoms with Crippen LogP contribution in [-0.4, -0.2) is 64.0 Å². The van der Waals surface area contributed by atoms with Gasteiger partial charge in [0.25, 0.3) is 0 Å². The molecule has 0 aliphatic carbocycles. The first-order chi connectivity index (χ1) is 19.1. The summed E-state index contributed by atoms with van der Waals surface area (Å²) in [5.41, 5.74) is 3.12. The number of benzene rings is 1. The van der Waals surface area contributed by atoms with Gasteiger partial charge in [0, 0.05) is 49.7 Å². The maximum Gasteiger partial charge on any atom is 0.435 e. The first kappa shape index (κ1) is 28.2. The summed E-state index contributed by atoms with van der Waals surface area (Å²) in [6, 6.07) is 6.97. The topological polar surface area (TPSA) is 85.1 Å². The number of aryl methyl sites for hydroxylation is 1. The number of hydrogen-bond acceptors (Lipinski definition) is 8. The third-order valence-corrected chi connectivity index (χ3v) is 8.07. The number of thiazole rings is 1. The van der Waals surface area contributed by atoms with Crippen molar-refractivity contribution in [3.05, 3.63) is 68.4 Å². The fourth-order valence-electron chi connectivity index (χ4n) is 4.82. The van der Waals surface area contributed by atoms with Crippen molar-refractivity contribution >= 4 is 23.5 Å². The van der Waals surface area contributed by atoms with Gasteiger partial charge >= 0.3 is 6.18 Å². The van der Waals surface area contributed by atoms with Crippen LogP contribution in [0.2, 0.25) is 0 Å². The number of amides is 1. The molecule has 2 aromatic heterocycles. The van der Waals surface area contributed by atoms with Gasteiger partial charge < -0.3 is 19.4 Å². The number of carbonyl (C=O) groups is 1. The number of halogens is 3. The summed E-state index contributed by atoms with van der Waals surface area (Å²) in [6.07, 6.45) is -1.87. The smallest absolute Gasteiger partial charge is 0.342 e. The van der Waals surface area contributed by atoms with Gasteiger partial charge in [-0.15, -0.1) is 11.3 Å². The Morgan fingerprint density at radius 2 is 1.98 bits per heavy atom. The molecule has 2 aliphatic rings. The maximum absolute atomic E-state index is 13.0. The summed E-state index contributed by atoms with van der Waals surface area (Å²) < 4.78 is 52.2. The Hall–Kier alpha value is -3.29. The third kappa shape index (κ3) is 6.37. The van der Waals surface area contributed by atoms with Gasteiger partial charge in [0.2, 0.25) is 12.2 Å². The molecule has 4 heterocycles. The normalized spacial score (nSPS) is 18.6. The van der Waals surface area contributed by atoms with Gasteiger partial charge in [-0.2, -0.15) is 23.4 Å². The predicted molar refractivity (Wildman–Crippen MR) is 143 cm³/mol. The highest BCUT2D eigenvalue weighted by Crippen LogP contribution is 2.35. The molecule has 0 bridgehead atoms. The quantitative estimate of drug-likeness (QED) is 0.312. The van der Waals surface area contributed by atoms with Crippen LogP contribution in [0.5, 0.6) is 0 Å². The second-order valence-electron chi connectivity index (χ2n) is 10.1. The average Bonchev–Trinajstić information content (AvgIpc) is 3.49. The van der Waals surface area contributed by atoms with E-state index in [0.717, 1.165) is 51.0 Å². The zero-order chi connectivity index (χ0) is 28.4. The molecule has 1 unspecified atom stereocenters. The largest absolute Gasteiger partial charge is 0.435 e. The van der Waals surface area contributed by atoms with E-state index in [9.17, 15) is 18.0 Å². The Kier molecular flexibility index (Phi) is 8.24. The fraction of sp³-hybridized carbons (Fsp3) is 0.481. The Morgan fingerprint density at radius 3 is 2.67 bits per heavy atom. The number of fused-ring (bicyclic) bond motifs is 1.